The van der Waals surface area contributed by atoms with Crippen molar-refractivity contribution in [2.45, 2.75) is 19.8 Å². The van der Waals surface area contributed by atoms with E-state index in [1.165, 1.54) is 30.0 Å². The number of ether oxygens (including phenoxy) is 1. The van der Waals surface area contributed by atoms with Gasteiger partial charge >= 0.3 is 6.36 Å². The minimum Gasteiger partial charge on any atom is -0.406 e. The number of hydrogen-bond acceptors (Lipinski definition) is 6. The van der Waals surface area contributed by atoms with Gasteiger partial charge in [0.05, 0.1) is 6.54 Å². The summed E-state index contributed by atoms with van der Waals surface area (Å²) in [5.41, 5.74) is 2.53. The van der Waals surface area contributed by atoms with Gasteiger partial charge < -0.3 is 14.2 Å². The largest absolute Gasteiger partial charge is 0.573 e. The molecule has 34 heavy (non-hydrogen) atoms. The van der Waals surface area contributed by atoms with Crippen LogP contribution in [0.5, 0.6) is 5.75 Å². The summed E-state index contributed by atoms with van der Waals surface area (Å²) in [7, 11) is 0. The van der Waals surface area contributed by atoms with Crippen LogP contribution in [0.1, 0.15) is 12.7 Å². The molecule has 2 heterocycles. The Labute approximate surface area is 197 Å². The molecule has 4 rings (SSSR count). The van der Waals surface area contributed by atoms with Crippen LogP contribution in [0.15, 0.2) is 65.2 Å². The van der Waals surface area contributed by atoms with Crippen LogP contribution in [0.25, 0.3) is 11.3 Å². The van der Waals surface area contributed by atoms with E-state index in [-0.39, 0.29) is 5.75 Å². The zero-order valence-electron chi connectivity index (χ0n) is 19.2. The maximum absolute atomic E-state index is 12.3. The van der Waals surface area contributed by atoms with Crippen molar-refractivity contribution in [3.05, 3.63) is 66.4 Å². The Kier molecular flexibility index (Phi) is 7.74. The zero-order chi connectivity index (χ0) is 24.0. The molecule has 0 bridgehead atoms. The molecule has 1 fully saturated rings. The number of benzene rings is 2. The molecule has 0 saturated carbocycles. The van der Waals surface area contributed by atoms with Gasteiger partial charge in [-0.1, -0.05) is 30.3 Å². The molecule has 9 heteroatoms. The molecule has 1 aliphatic rings. The second-order valence-electron chi connectivity index (χ2n) is 8.28. The zero-order valence-corrected chi connectivity index (χ0v) is 19.2. The van der Waals surface area contributed by atoms with Crippen molar-refractivity contribution in [1.29, 1.82) is 0 Å². The molecule has 0 unspecified atom stereocenters. The first-order valence-electron chi connectivity index (χ1n) is 11.5. The first-order valence-corrected chi connectivity index (χ1v) is 11.5. The van der Waals surface area contributed by atoms with E-state index in [2.05, 4.69) is 55.8 Å². The highest BCUT2D eigenvalue weighted by Crippen LogP contribution is 2.26. The lowest BCUT2D eigenvalue weighted by Crippen LogP contribution is -2.48. The van der Waals surface area contributed by atoms with Crippen LogP contribution in [0.3, 0.4) is 0 Å². The highest BCUT2D eigenvalue weighted by molar-refractivity contribution is 5.59. The van der Waals surface area contributed by atoms with Crippen LogP contribution < -0.4 is 9.64 Å². The first kappa shape index (κ1) is 24.1. The van der Waals surface area contributed by atoms with E-state index >= 15 is 0 Å². The number of likely N-dealkylation sites (N-methyl/N-ethyl adjacent to an activating group) is 1. The number of rotatable bonds is 9. The van der Waals surface area contributed by atoms with Gasteiger partial charge in [0.2, 0.25) is 0 Å². The smallest absolute Gasteiger partial charge is 0.406 e. The van der Waals surface area contributed by atoms with Crippen LogP contribution in [0.4, 0.5) is 18.9 Å². The van der Waals surface area contributed by atoms with Gasteiger partial charge in [0.15, 0.2) is 5.76 Å². The molecule has 3 aromatic rings. The molecular weight excluding hydrogens is 445 g/mol. The average molecular weight is 475 g/mol. The normalized spacial score (nSPS) is 15.1. The molecule has 1 aromatic heterocycles. The highest BCUT2D eigenvalue weighted by atomic mass is 19.4. The molecular formula is C25H29F3N4O2. The molecule has 1 aliphatic heterocycles. The summed E-state index contributed by atoms with van der Waals surface area (Å²) in [6.07, 6.45) is -4.71. The van der Waals surface area contributed by atoms with E-state index in [1.807, 2.05) is 12.1 Å². The number of hydrogen-bond donors (Lipinski definition) is 0. The lowest BCUT2D eigenvalue weighted by Gasteiger charge is -2.36. The van der Waals surface area contributed by atoms with Crippen LogP contribution in [-0.2, 0) is 6.54 Å². The minimum atomic E-state index is -4.71. The van der Waals surface area contributed by atoms with Gasteiger partial charge in [-0.2, -0.15) is 0 Å². The van der Waals surface area contributed by atoms with Crippen molar-refractivity contribution in [2.75, 3.05) is 50.7 Å². The summed E-state index contributed by atoms with van der Waals surface area (Å²) in [6, 6.07) is 18.0. The third-order valence-electron chi connectivity index (χ3n) is 6.00. The summed E-state index contributed by atoms with van der Waals surface area (Å²) in [5, 5.41) is 4.08. The maximum Gasteiger partial charge on any atom is 0.573 e. The third-order valence-corrected chi connectivity index (χ3v) is 6.00. The van der Waals surface area contributed by atoms with Gasteiger partial charge in [-0.15, -0.1) is 13.2 Å². The van der Waals surface area contributed by atoms with Gasteiger partial charge in [-0.3, -0.25) is 9.80 Å². The Bertz CT molecular complexity index is 1020. The van der Waals surface area contributed by atoms with E-state index in [1.54, 1.807) is 0 Å². The van der Waals surface area contributed by atoms with Crippen molar-refractivity contribution in [3.63, 3.8) is 0 Å². The first-order chi connectivity index (χ1) is 16.4. The van der Waals surface area contributed by atoms with Crippen molar-refractivity contribution in [3.8, 4) is 17.0 Å². The van der Waals surface area contributed by atoms with E-state index in [9.17, 15) is 13.2 Å². The van der Waals surface area contributed by atoms with E-state index < -0.39 is 6.36 Å². The second-order valence-corrected chi connectivity index (χ2v) is 8.28. The summed E-state index contributed by atoms with van der Waals surface area (Å²) in [5.74, 6) is 0.461. The monoisotopic (exact) mass is 474 g/mol. The van der Waals surface area contributed by atoms with Gasteiger partial charge in [-0.25, -0.2) is 0 Å². The predicted octanol–water partition coefficient (Wildman–Crippen LogP) is 4.88. The fraction of sp³-hybridized carbons (Fsp3) is 0.400. The van der Waals surface area contributed by atoms with Crippen LogP contribution in [0, 0.1) is 0 Å². The average Bonchev–Trinajstić information content (AvgIpc) is 3.30. The fourth-order valence-electron chi connectivity index (χ4n) is 4.07. The van der Waals surface area contributed by atoms with E-state index in [0.717, 1.165) is 51.6 Å². The second kappa shape index (κ2) is 10.9. The summed E-state index contributed by atoms with van der Waals surface area (Å²) < 4.78 is 46.4. The van der Waals surface area contributed by atoms with Crippen LogP contribution in [-0.4, -0.2) is 67.1 Å². The van der Waals surface area contributed by atoms with E-state index in [4.69, 9.17) is 4.52 Å². The Balaban J connectivity index is 1.25. The predicted molar refractivity (Wildman–Crippen MR) is 125 cm³/mol. The molecule has 1 saturated heterocycles. The summed E-state index contributed by atoms with van der Waals surface area (Å²) in [6.45, 7) is 9.64. The molecule has 0 amide bonds. The maximum atomic E-state index is 12.3. The van der Waals surface area contributed by atoms with Crippen molar-refractivity contribution in [2.24, 2.45) is 0 Å². The Morgan fingerprint density at radius 1 is 1.00 bits per heavy atom. The highest BCUT2D eigenvalue weighted by Gasteiger charge is 2.31. The van der Waals surface area contributed by atoms with Crippen molar-refractivity contribution >= 4 is 5.69 Å². The molecule has 6 nitrogen and oxygen atoms in total. The Morgan fingerprint density at radius 3 is 2.35 bits per heavy atom. The number of aromatic nitrogens is 1. The standard InChI is InChI=1S/C25H29F3N4O2/c1-2-30(12-13-31-14-16-32(17-15-31)21-6-4-3-5-7-21)19-23-18-24(29-34-23)20-8-10-22(11-9-20)33-25(26,27)28/h3-11,18H,2,12-17,19H2,1H3. The summed E-state index contributed by atoms with van der Waals surface area (Å²) >= 11 is 0. The molecule has 0 N–H and O–H groups in total. The third kappa shape index (κ3) is 6.74. The van der Waals surface area contributed by atoms with Crippen molar-refractivity contribution in [1.82, 2.24) is 15.0 Å². The molecule has 0 atom stereocenters. The Hall–Kier alpha value is -3.04. The minimum absolute atomic E-state index is 0.262. The number of piperazine rings is 1. The van der Waals surface area contributed by atoms with Gasteiger partial charge in [0, 0.05) is 56.6 Å². The lowest BCUT2D eigenvalue weighted by atomic mass is 10.1. The van der Waals surface area contributed by atoms with Gasteiger partial charge in [0.1, 0.15) is 11.4 Å². The molecule has 0 spiro atoms. The number of para-hydroxylation sites is 1. The number of anilines is 1. The Morgan fingerprint density at radius 2 is 1.71 bits per heavy atom. The topological polar surface area (TPSA) is 45.0 Å². The number of halogens is 3. The molecule has 2 aromatic carbocycles. The number of alkyl halides is 3. The van der Waals surface area contributed by atoms with Crippen LogP contribution in [0.2, 0.25) is 0 Å². The molecule has 0 aliphatic carbocycles. The SMILES string of the molecule is CCN(CCN1CCN(c2ccccc2)CC1)Cc1cc(-c2ccc(OC(F)(F)F)cc2)no1. The van der Waals surface area contributed by atoms with Gasteiger partial charge in [0.25, 0.3) is 0 Å². The number of nitrogens with zero attached hydrogens (tertiary/aromatic N) is 4. The van der Waals surface area contributed by atoms with Crippen molar-refractivity contribution < 1.29 is 22.4 Å². The quantitative estimate of drug-likeness (QED) is 0.440. The van der Waals surface area contributed by atoms with Gasteiger partial charge in [-0.05, 0) is 42.9 Å². The lowest BCUT2D eigenvalue weighted by molar-refractivity contribution is -0.274. The molecule has 182 valence electrons. The molecule has 0 radical (unpaired) electrons. The summed E-state index contributed by atoms with van der Waals surface area (Å²) in [4.78, 5) is 7.21. The van der Waals surface area contributed by atoms with E-state index in [0.29, 0.717) is 17.8 Å². The van der Waals surface area contributed by atoms with Crippen LogP contribution >= 0.6 is 0 Å². The fourth-order valence-corrected chi connectivity index (χ4v) is 4.07.